The van der Waals surface area contributed by atoms with Gasteiger partial charge in [0, 0.05) is 12.1 Å². The van der Waals surface area contributed by atoms with Gasteiger partial charge in [0.2, 0.25) is 16.8 Å². The van der Waals surface area contributed by atoms with Gasteiger partial charge >= 0.3 is 0 Å². The third-order valence-corrected chi connectivity index (χ3v) is 5.31. The molecule has 1 heterocycles. The molecule has 0 saturated carbocycles. The number of carbonyl (C=O) groups is 1. The first-order chi connectivity index (χ1) is 12.4. The number of hydrogen-bond acceptors (Lipinski definition) is 6. The number of benzene rings is 2. The van der Waals surface area contributed by atoms with Crippen LogP contribution in [0.1, 0.15) is 15.9 Å². The molecular formula is C17H18N2O6S. The van der Waals surface area contributed by atoms with Crippen LogP contribution in [0.2, 0.25) is 0 Å². The van der Waals surface area contributed by atoms with Crippen molar-refractivity contribution in [2.45, 2.75) is 11.4 Å². The van der Waals surface area contributed by atoms with Crippen molar-refractivity contribution in [2.75, 3.05) is 21.0 Å². The molecule has 2 aromatic rings. The average Bonchev–Trinajstić information content (AvgIpc) is 3.13. The fourth-order valence-corrected chi connectivity index (χ4v) is 3.39. The Bertz CT molecular complexity index is 942. The lowest BCUT2D eigenvalue weighted by molar-refractivity contribution is 0.0950. The van der Waals surface area contributed by atoms with Crippen molar-refractivity contribution in [3.63, 3.8) is 0 Å². The summed E-state index contributed by atoms with van der Waals surface area (Å²) in [5.74, 6) is 1.05. The molecular weight excluding hydrogens is 360 g/mol. The molecule has 138 valence electrons. The first-order valence-electron chi connectivity index (χ1n) is 7.73. The van der Waals surface area contributed by atoms with E-state index in [1.807, 2.05) is 6.07 Å². The van der Waals surface area contributed by atoms with E-state index in [4.69, 9.17) is 14.2 Å². The van der Waals surface area contributed by atoms with E-state index in [1.165, 1.54) is 32.4 Å². The molecule has 9 heteroatoms. The number of carbonyl (C=O) groups excluding carboxylic acids is 1. The topological polar surface area (TPSA) is 103 Å². The van der Waals surface area contributed by atoms with Crippen molar-refractivity contribution >= 4 is 15.9 Å². The predicted molar refractivity (Wildman–Crippen MR) is 93.0 cm³/mol. The van der Waals surface area contributed by atoms with Gasteiger partial charge in [0.15, 0.2) is 11.5 Å². The lowest BCUT2D eigenvalue weighted by Gasteiger charge is -2.11. The van der Waals surface area contributed by atoms with Gasteiger partial charge in [-0.25, -0.2) is 13.1 Å². The Labute approximate surface area is 151 Å². The average molecular weight is 378 g/mol. The lowest BCUT2D eigenvalue weighted by atomic mass is 10.1. The molecule has 2 N–H and O–H groups in total. The van der Waals surface area contributed by atoms with Gasteiger partial charge in [0.1, 0.15) is 10.6 Å². The van der Waals surface area contributed by atoms with Crippen LogP contribution in [0.5, 0.6) is 17.2 Å². The van der Waals surface area contributed by atoms with Gasteiger partial charge in [-0.15, -0.1) is 0 Å². The van der Waals surface area contributed by atoms with Crippen LogP contribution in [-0.4, -0.2) is 35.3 Å². The molecule has 8 nitrogen and oxygen atoms in total. The summed E-state index contributed by atoms with van der Waals surface area (Å²) in [7, 11) is -1.10. The molecule has 0 fully saturated rings. The molecule has 0 atom stereocenters. The molecule has 0 radical (unpaired) electrons. The van der Waals surface area contributed by atoms with E-state index in [0.717, 1.165) is 5.56 Å². The van der Waals surface area contributed by atoms with Crippen LogP contribution in [-0.2, 0) is 16.6 Å². The van der Waals surface area contributed by atoms with Crippen LogP contribution >= 0.6 is 0 Å². The number of ether oxygens (including phenoxy) is 3. The van der Waals surface area contributed by atoms with E-state index in [9.17, 15) is 13.2 Å². The maximum Gasteiger partial charge on any atom is 0.251 e. The van der Waals surface area contributed by atoms with Crippen LogP contribution < -0.4 is 24.2 Å². The molecule has 2 aromatic carbocycles. The molecule has 0 bridgehead atoms. The monoisotopic (exact) mass is 378 g/mol. The molecule has 26 heavy (non-hydrogen) atoms. The molecule has 0 spiro atoms. The first kappa shape index (κ1) is 18.0. The quantitative estimate of drug-likeness (QED) is 0.785. The number of rotatable bonds is 6. The fourth-order valence-electron chi connectivity index (χ4n) is 2.47. The van der Waals surface area contributed by atoms with Gasteiger partial charge < -0.3 is 19.5 Å². The minimum Gasteiger partial charge on any atom is -0.495 e. The summed E-state index contributed by atoms with van der Waals surface area (Å²) in [4.78, 5) is 12.3. The molecule has 1 aliphatic heterocycles. The van der Waals surface area contributed by atoms with E-state index in [1.54, 1.807) is 12.1 Å². The number of methoxy groups -OCH3 is 1. The van der Waals surface area contributed by atoms with Gasteiger partial charge in [-0.2, -0.15) is 0 Å². The zero-order valence-electron chi connectivity index (χ0n) is 14.2. The van der Waals surface area contributed by atoms with Gasteiger partial charge in [0.05, 0.1) is 7.11 Å². The molecule has 1 amide bonds. The molecule has 3 rings (SSSR count). The summed E-state index contributed by atoms with van der Waals surface area (Å²) in [5, 5.41) is 2.75. The van der Waals surface area contributed by atoms with E-state index in [0.29, 0.717) is 11.5 Å². The third kappa shape index (κ3) is 3.58. The number of fused-ring (bicyclic) bond motifs is 1. The van der Waals surface area contributed by atoms with Crippen molar-refractivity contribution < 1.29 is 27.4 Å². The van der Waals surface area contributed by atoms with Crippen molar-refractivity contribution in [2.24, 2.45) is 0 Å². The Morgan fingerprint density at radius 3 is 2.65 bits per heavy atom. The summed E-state index contributed by atoms with van der Waals surface area (Å²) >= 11 is 0. The maximum atomic E-state index is 12.4. The summed E-state index contributed by atoms with van der Waals surface area (Å²) < 4.78 is 42.0. The van der Waals surface area contributed by atoms with Gasteiger partial charge in [-0.05, 0) is 42.9 Å². The lowest BCUT2D eigenvalue weighted by Crippen LogP contribution is -2.24. The highest BCUT2D eigenvalue weighted by molar-refractivity contribution is 7.89. The predicted octanol–water partition coefficient (Wildman–Crippen LogP) is 1.26. The van der Waals surface area contributed by atoms with Crippen molar-refractivity contribution in [1.29, 1.82) is 0 Å². The van der Waals surface area contributed by atoms with E-state index in [-0.39, 0.29) is 29.5 Å². The number of hydrogen-bond donors (Lipinski definition) is 2. The highest BCUT2D eigenvalue weighted by Crippen LogP contribution is 2.32. The second-order valence-electron chi connectivity index (χ2n) is 5.44. The minimum atomic E-state index is -3.76. The maximum absolute atomic E-state index is 12.4. The first-order valence-corrected chi connectivity index (χ1v) is 9.21. The van der Waals surface area contributed by atoms with Gasteiger partial charge in [0.25, 0.3) is 5.91 Å². The highest BCUT2D eigenvalue weighted by Gasteiger charge is 2.20. The summed E-state index contributed by atoms with van der Waals surface area (Å²) in [6.07, 6.45) is 0. The van der Waals surface area contributed by atoms with Crippen LogP contribution in [0, 0.1) is 0 Å². The van der Waals surface area contributed by atoms with Crippen molar-refractivity contribution in [3.05, 3.63) is 47.5 Å². The molecule has 0 saturated heterocycles. The van der Waals surface area contributed by atoms with Crippen LogP contribution in [0.3, 0.4) is 0 Å². The second-order valence-corrected chi connectivity index (χ2v) is 7.30. The number of sulfonamides is 1. The third-order valence-electron chi connectivity index (χ3n) is 3.87. The van der Waals surface area contributed by atoms with Crippen LogP contribution in [0.4, 0.5) is 0 Å². The molecule has 0 aromatic heterocycles. The van der Waals surface area contributed by atoms with Crippen molar-refractivity contribution in [1.82, 2.24) is 10.0 Å². The SMILES string of the molecule is CNS(=O)(=O)c1cc(C(=O)NCc2ccc3c(c2)OCO3)ccc1OC. The Kier molecular flexibility index (Phi) is 5.01. The van der Waals surface area contributed by atoms with E-state index in [2.05, 4.69) is 10.0 Å². The minimum absolute atomic E-state index is 0.0989. The normalized spacial score (nSPS) is 12.7. The number of nitrogens with one attached hydrogen (secondary N) is 2. The van der Waals surface area contributed by atoms with Crippen LogP contribution in [0.25, 0.3) is 0 Å². The van der Waals surface area contributed by atoms with Crippen molar-refractivity contribution in [3.8, 4) is 17.2 Å². The highest BCUT2D eigenvalue weighted by atomic mass is 32.2. The van der Waals surface area contributed by atoms with E-state index < -0.39 is 15.9 Å². The molecule has 0 aliphatic carbocycles. The Balaban J connectivity index is 1.76. The van der Waals surface area contributed by atoms with Crippen LogP contribution in [0.15, 0.2) is 41.3 Å². The fraction of sp³-hybridized carbons (Fsp3) is 0.235. The number of amides is 1. The summed E-state index contributed by atoms with van der Waals surface area (Å²) in [6.45, 7) is 0.440. The zero-order valence-corrected chi connectivity index (χ0v) is 15.1. The summed E-state index contributed by atoms with van der Waals surface area (Å²) in [6, 6.07) is 9.60. The van der Waals surface area contributed by atoms with Gasteiger partial charge in [-0.1, -0.05) is 6.07 Å². The largest absolute Gasteiger partial charge is 0.495 e. The standard InChI is InChI=1S/C17H18N2O6S/c1-18-26(21,22)16-8-12(4-6-14(16)23-2)17(20)19-9-11-3-5-13-15(7-11)25-10-24-13/h3-8,18H,9-10H2,1-2H3,(H,19,20). The smallest absolute Gasteiger partial charge is 0.251 e. The zero-order chi connectivity index (χ0) is 18.7. The Morgan fingerprint density at radius 1 is 1.15 bits per heavy atom. The second kappa shape index (κ2) is 7.22. The van der Waals surface area contributed by atoms with E-state index >= 15 is 0 Å². The Hall–Kier alpha value is -2.78. The molecule has 1 aliphatic rings. The Morgan fingerprint density at radius 2 is 1.92 bits per heavy atom. The van der Waals surface area contributed by atoms with Gasteiger partial charge in [-0.3, -0.25) is 4.79 Å². The molecule has 0 unspecified atom stereocenters. The summed E-state index contributed by atoms with van der Waals surface area (Å²) in [5.41, 5.74) is 1.04.